The van der Waals surface area contributed by atoms with E-state index in [-0.39, 0.29) is 5.56 Å². The third kappa shape index (κ3) is 4.31. The number of carbonyl (C=O) groups excluding carboxylic acids is 1. The molecule has 7 nitrogen and oxygen atoms in total. The number of rotatable bonds is 4. The molecule has 0 saturated carbocycles. The van der Waals surface area contributed by atoms with Gasteiger partial charge in [-0.2, -0.15) is 13.2 Å². The highest BCUT2D eigenvalue weighted by Crippen LogP contribution is 2.31. The smallest absolute Gasteiger partial charge is 0.416 e. The molecule has 3 rings (SSSR count). The van der Waals surface area contributed by atoms with Gasteiger partial charge in [-0.15, -0.1) is 4.83 Å². The van der Waals surface area contributed by atoms with E-state index < -0.39 is 32.6 Å². The van der Waals surface area contributed by atoms with Crippen molar-refractivity contribution in [2.24, 2.45) is 0 Å². The molecule has 0 saturated heterocycles. The number of sulfonamides is 1. The molecular formula is C16H13F3N2O5S. The van der Waals surface area contributed by atoms with Crippen LogP contribution in [0.4, 0.5) is 13.2 Å². The van der Waals surface area contributed by atoms with Crippen molar-refractivity contribution >= 4 is 15.9 Å². The maximum atomic E-state index is 12.7. The van der Waals surface area contributed by atoms with E-state index in [1.165, 1.54) is 18.2 Å². The van der Waals surface area contributed by atoms with Crippen molar-refractivity contribution in [1.29, 1.82) is 0 Å². The van der Waals surface area contributed by atoms with E-state index in [4.69, 9.17) is 9.47 Å². The minimum absolute atomic E-state index is 0.0750. The Hall–Kier alpha value is -2.79. The van der Waals surface area contributed by atoms with Crippen LogP contribution in [0.1, 0.15) is 15.9 Å². The highest BCUT2D eigenvalue weighted by atomic mass is 32.2. The lowest BCUT2D eigenvalue weighted by Crippen LogP contribution is -2.41. The monoisotopic (exact) mass is 402 g/mol. The second kappa shape index (κ2) is 7.08. The SMILES string of the molecule is O=C(NNS(=O)(=O)c1cccc(C(F)(F)F)c1)c1ccc2c(c1)OCCO2. The first-order valence-corrected chi connectivity index (χ1v) is 9.04. The Labute approximate surface area is 152 Å². The van der Waals surface area contributed by atoms with Gasteiger partial charge in [-0.25, -0.2) is 8.42 Å². The first-order chi connectivity index (χ1) is 12.7. The summed E-state index contributed by atoms with van der Waals surface area (Å²) in [5.41, 5.74) is 0.901. The Balaban J connectivity index is 1.73. The third-order valence-electron chi connectivity index (χ3n) is 3.57. The summed E-state index contributed by atoms with van der Waals surface area (Å²) in [6.07, 6.45) is -4.69. The van der Waals surface area contributed by atoms with E-state index in [1.807, 2.05) is 5.43 Å². The van der Waals surface area contributed by atoms with Crippen molar-refractivity contribution in [1.82, 2.24) is 10.3 Å². The van der Waals surface area contributed by atoms with Gasteiger partial charge >= 0.3 is 6.18 Å². The predicted octanol–water partition coefficient (Wildman–Crippen LogP) is 2.10. The molecule has 2 aromatic carbocycles. The lowest BCUT2D eigenvalue weighted by molar-refractivity contribution is -0.137. The van der Waals surface area contributed by atoms with Crippen LogP contribution in [0.2, 0.25) is 0 Å². The molecule has 2 N–H and O–H groups in total. The number of alkyl halides is 3. The number of benzene rings is 2. The van der Waals surface area contributed by atoms with Gasteiger partial charge < -0.3 is 9.47 Å². The van der Waals surface area contributed by atoms with Crippen molar-refractivity contribution in [2.75, 3.05) is 13.2 Å². The topological polar surface area (TPSA) is 93.7 Å². The summed E-state index contributed by atoms with van der Waals surface area (Å²) >= 11 is 0. The molecule has 1 aliphatic rings. The standard InChI is InChI=1S/C16H13F3N2O5S/c17-16(18,19)11-2-1-3-12(9-11)27(23,24)21-20-15(22)10-4-5-13-14(8-10)26-7-6-25-13/h1-5,8-9,21H,6-7H2,(H,20,22). The highest BCUT2D eigenvalue weighted by molar-refractivity contribution is 7.89. The summed E-state index contributed by atoms with van der Waals surface area (Å²) in [7, 11) is -4.40. The van der Waals surface area contributed by atoms with E-state index in [0.717, 1.165) is 18.2 Å². The van der Waals surface area contributed by atoms with Crippen molar-refractivity contribution in [2.45, 2.75) is 11.1 Å². The number of ether oxygens (including phenoxy) is 2. The summed E-state index contributed by atoms with van der Waals surface area (Å²) < 4.78 is 73.1. The molecule has 0 aromatic heterocycles. The van der Waals surface area contributed by atoms with Gasteiger partial charge in [-0.05, 0) is 36.4 Å². The highest BCUT2D eigenvalue weighted by Gasteiger charge is 2.31. The lowest BCUT2D eigenvalue weighted by Gasteiger charge is -2.18. The van der Waals surface area contributed by atoms with Crippen LogP contribution in [0.3, 0.4) is 0 Å². The van der Waals surface area contributed by atoms with Gasteiger partial charge in [-0.1, -0.05) is 6.07 Å². The average molecular weight is 402 g/mol. The van der Waals surface area contributed by atoms with Crippen LogP contribution in [0.5, 0.6) is 11.5 Å². The number of hydrazine groups is 1. The summed E-state index contributed by atoms with van der Waals surface area (Å²) in [6, 6.07) is 7.40. The van der Waals surface area contributed by atoms with Crippen molar-refractivity contribution in [3.05, 3.63) is 53.6 Å². The Morgan fingerprint density at radius 3 is 2.41 bits per heavy atom. The minimum Gasteiger partial charge on any atom is -0.486 e. The normalized spacial score (nSPS) is 13.9. The fourth-order valence-corrected chi connectivity index (χ4v) is 3.15. The van der Waals surface area contributed by atoms with Gasteiger partial charge in [0.05, 0.1) is 10.5 Å². The maximum absolute atomic E-state index is 12.7. The molecule has 0 unspecified atom stereocenters. The molecule has 0 aliphatic carbocycles. The predicted molar refractivity (Wildman–Crippen MR) is 86.7 cm³/mol. The van der Waals surface area contributed by atoms with Crippen LogP contribution >= 0.6 is 0 Å². The fraction of sp³-hybridized carbons (Fsp3) is 0.188. The van der Waals surface area contributed by atoms with Crippen molar-refractivity contribution in [3.63, 3.8) is 0 Å². The second-order valence-corrected chi connectivity index (χ2v) is 7.13. The molecule has 1 heterocycles. The summed E-state index contributed by atoms with van der Waals surface area (Å²) in [6.45, 7) is 0.676. The van der Waals surface area contributed by atoms with Crippen LogP contribution in [-0.4, -0.2) is 27.5 Å². The molecule has 2 aromatic rings. The molecule has 1 amide bonds. The number of nitrogens with one attached hydrogen (secondary N) is 2. The van der Waals surface area contributed by atoms with Gasteiger partial charge in [0.1, 0.15) is 13.2 Å². The first-order valence-electron chi connectivity index (χ1n) is 7.56. The van der Waals surface area contributed by atoms with Gasteiger partial charge in [0, 0.05) is 5.56 Å². The molecular weight excluding hydrogens is 389 g/mol. The van der Waals surface area contributed by atoms with Crippen molar-refractivity contribution < 1.29 is 35.9 Å². The van der Waals surface area contributed by atoms with Crippen LogP contribution in [0.15, 0.2) is 47.4 Å². The van der Waals surface area contributed by atoms with E-state index in [0.29, 0.717) is 30.8 Å². The molecule has 0 fully saturated rings. The molecule has 0 spiro atoms. The molecule has 0 radical (unpaired) electrons. The van der Waals surface area contributed by atoms with E-state index in [9.17, 15) is 26.4 Å². The number of carbonyl (C=O) groups is 1. The van der Waals surface area contributed by atoms with Gasteiger partial charge in [-0.3, -0.25) is 10.2 Å². The largest absolute Gasteiger partial charge is 0.486 e. The Bertz CT molecular complexity index is 976. The van der Waals surface area contributed by atoms with Crippen LogP contribution < -0.4 is 19.7 Å². The first kappa shape index (κ1) is 19.0. The Kier molecular flexibility index (Phi) is 4.98. The fourth-order valence-electron chi connectivity index (χ4n) is 2.27. The molecule has 27 heavy (non-hydrogen) atoms. The number of hydrogen-bond acceptors (Lipinski definition) is 5. The number of amides is 1. The van der Waals surface area contributed by atoms with Crippen LogP contribution in [0, 0.1) is 0 Å². The van der Waals surface area contributed by atoms with Gasteiger partial charge in [0.2, 0.25) is 0 Å². The van der Waals surface area contributed by atoms with Gasteiger partial charge in [0.25, 0.3) is 15.9 Å². The number of halogens is 3. The molecule has 144 valence electrons. The lowest BCUT2D eigenvalue weighted by atomic mass is 10.2. The summed E-state index contributed by atoms with van der Waals surface area (Å²) in [5.74, 6) is -0.0421. The minimum atomic E-state index is -4.69. The molecule has 1 aliphatic heterocycles. The van der Waals surface area contributed by atoms with Crippen molar-refractivity contribution in [3.8, 4) is 11.5 Å². The van der Waals surface area contributed by atoms with E-state index >= 15 is 0 Å². The zero-order chi connectivity index (χ0) is 19.7. The zero-order valence-electron chi connectivity index (χ0n) is 13.5. The molecule has 0 bridgehead atoms. The van der Waals surface area contributed by atoms with E-state index in [2.05, 4.69) is 0 Å². The Morgan fingerprint density at radius 2 is 1.70 bits per heavy atom. The average Bonchev–Trinajstić information content (AvgIpc) is 2.65. The quantitative estimate of drug-likeness (QED) is 0.764. The molecule has 11 heteroatoms. The van der Waals surface area contributed by atoms with Gasteiger partial charge in [0.15, 0.2) is 11.5 Å². The summed E-state index contributed by atoms with van der Waals surface area (Å²) in [4.78, 5) is 13.2. The number of hydrogen-bond donors (Lipinski definition) is 2. The molecule has 0 atom stereocenters. The summed E-state index contributed by atoms with van der Waals surface area (Å²) in [5, 5.41) is 0. The van der Waals surface area contributed by atoms with Crippen LogP contribution in [-0.2, 0) is 16.2 Å². The van der Waals surface area contributed by atoms with Crippen LogP contribution in [0.25, 0.3) is 0 Å². The number of fused-ring (bicyclic) bond motifs is 1. The van der Waals surface area contributed by atoms with E-state index in [1.54, 1.807) is 4.83 Å². The second-order valence-electron chi connectivity index (χ2n) is 5.44. The maximum Gasteiger partial charge on any atom is 0.416 e. The zero-order valence-corrected chi connectivity index (χ0v) is 14.4. The third-order valence-corrected chi connectivity index (χ3v) is 4.82. The Morgan fingerprint density at radius 1 is 1.00 bits per heavy atom.